The molecular weight excluding hydrogens is 168 g/mol. The summed E-state index contributed by atoms with van der Waals surface area (Å²) in [6.07, 6.45) is 11.8. The van der Waals surface area contributed by atoms with Crippen molar-refractivity contribution < 1.29 is 0 Å². The molecule has 0 N–H and O–H groups in total. The highest BCUT2D eigenvalue weighted by Crippen LogP contribution is 2.37. The molecule has 0 aliphatic heterocycles. The molecule has 2 atom stereocenters. The van der Waals surface area contributed by atoms with Crippen molar-refractivity contribution in [3.63, 3.8) is 0 Å². The normalized spacial score (nSPS) is 21.6. The highest BCUT2D eigenvalue weighted by Gasteiger charge is 2.25. The average Bonchev–Trinajstić information content (AvgIpc) is 2.13. The van der Waals surface area contributed by atoms with Crippen molar-refractivity contribution in [3.8, 4) is 0 Å². The van der Waals surface area contributed by atoms with Crippen molar-refractivity contribution in [2.45, 2.75) is 72.1 Å². The van der Waals surface area contributed by atoms with Crippen LogP contribution in [0.15, 0.2) is 0 Å². The quantitative estimate of drug-likeness (QED) is 0.536. The molecule has 1 aliphatic rings. The van der Waals surface area contributed by atoms with Gasteiger partial charge in [0, 0.05) is 0 Å². The van der Waals surface area contributed by atoms with Crippen LogP contribution in [0, 0.1) is 17.8 Å². The van der Waals surface area contributed by atoms with E-state index in [0.717, 1.165) is 17.8 Å². The molecule has 0 bridgehead atoms. The molecule has 0 amide bonds. The Kier molecular flexibility index (Phi) is 5.59. The van der Waals surface area contributed by atoms with E-state index in [2.05, 4.69) is 20.8 Å². The van der Waals surface area contributed by atoms with Crippen LogP contribution < -0.4 is 0 Å². The molecule has 0 nitrogen and oxygen atoms in total. The van der Waals surface area contributed by atoms with E-state index in [1.54, 1.807) is 0 Å². The summed E-state index contributed by atoms with van der Waals surface area (Å²) in [7, 11) is 0. The summed E-state index contributed by atoms with van der Waals surface area (Å²) in [6.45, 7) is 7.09. The predicted molar refractivity (Wildman–Crippen MR) is 64.4 cm³/mol. The first-order valence-electron chi connectivity index (χ1n) is 6.77. The van der Waals surface area contributed by atoms with Crippen LogP contribution in [-0.4, -0.2) is 0 Å². The fourth-order valence-corrected chi connectivity index (χ4v) is 2.62. The highest BCUT2D eigenvalue weighted by atomic mass is 14.3. The number of hydrogen-bond acceptors (Lipinski definition) is 0. The second-order valence-electron chi connectivity index (χ2n) is 5.30. The Hall–Kier alpha value is 0. The topological polar surface area (TPSA) is 0 Å². The van der Waals surface area contributed by atoms with Crippen molar-refractivity contribution in [2.75, 3.05) is 0 Å². The molecule has 1 saturated carbocycles. The first-order valence-corrected chi connectivity index (χ1v) is 6.77. The maximum atomic E-state index is 2.39. The Morgan fingerprint density at radius 2 is 1.79 bits per heavy atom. The van der Waals surface area contributed by atoms with Crippen LogP contribution in [-0.2, 0) is 0 Å². The highest BCUT2D eigenvalue weighted by molar-refractivity contribution is 4.76. The van der Waals surface area contributed by atoms with Gasteiger partial charge < -0.3 is 0 Å². The van der Waals surface area contributed by atoms with Crippen LogP contribution in [0.3, 0.4) is 0 Å². The monoisotopic (exact) mass is 196 g/mol. The van der Waals surface area contributed by atoms with E-state index in [1.807, 2.05) is 0 Å². The lowest BCUT2D eigenvalue weighted by Gasteiger charge is -2.33. The Bertz CT molecular complexity index is 135. The molecule has 0 spiro atoms. The van der Waals surface area contributed by atoms with Gasteiger partial charge in [-0.05, 0) is 17.8 Å². The molecule has 0 aromatic carbocycles. The van der Waals surface area contributed by atoms with Gasteiger partial charge in [0.2, 0.25) is 0 Å². The number of rotatable bonds is 7. The molecule has 0 aromatic rings. The van der Waals surface area contributed by atoms with Crippen LogP contribution in [0.2, 0.25) is 0 Å². The standard InChI is InChI=1S/C14H28/c1-4-12(3)8-6-9-13(5-2)14-10-7-11-14/h12-14H,4-11H2,1-3H3. The van der Waals surface area contributed by atoms with Crippen LogP contribution in [0.25, 0.3) is 0 Å². The van der Waals surface area contributed by atoms with E-state index in [1.165, 1.54) is 51.4 Å². The van der Waals surface area contributed by atoms with Crippen molar-refractivity contribution in [2.24, 2.45) is 17.8 Å². The van der Waals surface area contributed by atoms with Gasteiger partial charge in [-0.2, -0.15) is 0 Å². The third-order valence-corrected chi connectivity index (χ3v) is 4.31. The minimum absolute atomic E-state index is 0.953. The van der Waals surface area contributed by atoms with Gasteiger partial charge in [-0.1, -0.05) is 72.1 Å². The van der Waals surface area contributed by atoms with E-state index >= 15 is 0 Å². The van der Waals surface area contributed by atoms with Gasteiger partial charge in [-0.15, -0.1) is 0 Å². The molecule has 0 saturated heterocycles. The Balaban J connectivity index is 2.08. The largest absolute Gasteiger partial charge is 0.0651 e. The maximum Gasteiger partial charge on any atom is -0.0386 e. The van der Waals surface area contributed by atoms with E-state index < -0.39 is 0 Å². The molecule has 14 heavy (non-hydrogen) atoms. The van der Waals surface area contributed by atoms with E-state index in [0.29, 0.717) is 0 Å². The number of hydrogen-bond donors (Lipinski definition) is 0. The lowest BCUT2D eigenvalue weighted by Crippen LogP contribution is -2.21. The van der Waals surface area contributed by atoms with Gasteiger partial charge in [-0.25, -0.2) is 0 Å². The van der Waals surface area contributed by atoms with Crippen LogP contribution in [0.1, 0.15) is 72.1 Å². The molecule has 1 aliphatic carbocycles. The van der Waals surface area contributed by atoms with Crippen molar-refractivity contribution in [1.82, 2.24) is 0 Å². The molecule has 0 aromatic heterocycles. The summed E-state index contributed by atoms with van der Waals surface area (Å²) in [5.74, 6) is 3.12. The first kappa shape index (κ1) is 12.1. The molecule has 84 valence electrons. The van der Waals surface area contributed by atoms with Gasteiger partial charge in [0.25, 0.3) is 0 Å². The maximum absolute atomic E-state index is 2.39. The second kappa shape index (κ2) is 6.48. The fourth-order valence-electron chi connectivity index (χ4n) is 2.62. The van der Waals surface area contributed by atoms with E-state index in [9.17, 15) is 0 Å². The third-order valence-electron chi connectivity index (χ3n) is 4.31. The van der Waals surface area contributed by atoms with Gasteiger partial charge in [0.15, 0.2) is 0 Å². The smallest absolute Gasteiger partial charge is 0.0386 e. The zero-order chi connectivity index (χ0) is 10.4. The van der Waals surface area contributed by atoms with E-state index in [-0.39, 0.29) is 0 Å². The summed E-state index contributed by atoms with van der Waals surface area (Å²) in [5.41, 5.74) is 0. The lowest BCUT2D eigenvalue weighted by atomic mass is 9.73. The zero-order valence-electron chi connectivity index (χ0n) is 10.4. The van der Waals surface area contributed by atoms with E-state index in [4.69, 9.17) is 0 Å². The van der Waals surface area contributed by atoms with Crippen molar-refractivity contribution >= 4 is 0 Å². The molecule has 0 radical (unpaired) electrons. The van der Waals surface area contributed by atoms with Crippen molar-refractivity contribution in [1.29, 1.82) is 0 Å². The molecule has 1 fully saturated rings. The lowest BCUT2D eigenvalue weighted by molar-refractivity contribution is 0.185. The summed E-state index contributed by atoms with van der Waals surface area (Å²) in [4.78, 5) is 0. The zero-order valence-corrected chi connectivity index (χ0v) is 10.4. The van der Waals surface area contributed by atoms with Gasteiger partial charge >= 0.3 is 0 Å². The third kappa shape index (κ3) is 3.63. The van der Waals surface area contributed by atoms with Gasteiger partial charge in [0.05, 0.1) is 0 Å². The second-order valence-corrected chi connectivity index (χ2v) is 5.30. The minimum Gasteiger partial charge on any atom is -0.0651 e. The first-order chi connectivity index (χ1) is 6.77. The fraction of sp³-hybridized carbons (Fsp3) is 1.00. The summed E-state index contributed by atoms with van der Waals surface area (Å²) < 4.78 is 0. The SMILES string of the molecule is CCC(C)CCCC(CC)C1CCC1. The average molecular weight is 196 g/mol. The Labute approximate surface area is 90.5 Å². The molecule has 0 heterocycles. The van der Waals surface area contributed by atoms with Gasteiger partial charge in [-0.3, -0.25) is 0 Å². The van der Waals surface area contributed by atoms with Gasteiger partial charge in [0.1, 0.15) is 0 Å². The van der Waals surface area contributed by atoms with Crippen molar-refractivity contribution in [3.05, 3.63) is 0 Å². The van der Waals surface area contributed by atoms with Crippen LogP contribution >= 0.6 is 0 Å². The summed E-state index contributed by atoms with van der Waals surface area (Å²) in [6, 6.07) is 0. The molecule has 0 heteroatoms. The summed E-state index contributed by atoms with van der Waals surface area (Å²) >= 11 is 0. The predicted octanol–water partition coefficient (Wildman–Crippen LogP) is 5.03. The molecular formula is C14H28. The minimum atomic E-state index is 0.953. The molecule has 1 rings (SSSR count). The molecule has 2 unspecified atom stereocenters. The van der Waals surface area contributed by atoms with Crippen LogP contribution in [0.4, 0.5) is 0 Å². The Morgan fingerprint density at radius 3 is 2.21 bits per heavy atom. The summed E-state index contributed by atoms with van der Waals surface area (Å²) in [5, 5.41) is 0. The van der Waals surface area contributed by atoms with Crippen LogP contribution in [0.5, 0.6) is 0 Å². The Morgan fingerprint density at radius 1 is 1.07 bits per heavy atom.